The molecule has 0 nitrogen and oxygen atoms in total. The molecule has 0 unspecified atom stereocenters. The molecule has 3 rings (SSSR count). The summed E-state index contributed by atoms with van der Waals surface area (Å²) in [6.07, 6.45) is 0. The van der Waals surface area contributed by atoms with E-state index >= 15 is 0 Å². The zero-order valence-corrected chi connectivity index (χ0v) is 12.2. The van der Waals surface area contributed by atoms with E-state index in [0.29, 0.717) is 0 Å². The smallest absolute Gasteiger partial charge is 0.0395 e. The molecule has 3 aromatic rings. The first-order chi connectivity index (χ1) is 9.80. The van der Waals surface area contributed by atoms with Crippen LogP contribution in [0.15, 0.2) is 97.1 Å². The molecule has 20 heavy (non-hydrogen) atoms. The first kappa shape index (κ1) is 15.7. The van der Waals surface area contributed by atoms with Gasteiger partial charge in [0.1, 0.15) is 0 Å². The van der Waals surface area contributed by atoms with Gasteiger partial charge in [-0.2, -0.15) is 0 Å². The van der Waals surface area contributed by atoms with Crippen LogP contribution in [0.5, 0.6) is 0 Å². The van der Waals surface area contributed by atoms with Gasteiger partial charge in [-0.25, -0.2) is 0 Å². The molecule has 0 bridgehead atoms. The number of benzene rings is 3. The Balaban J connectivity index is 0.000000152. The molecule has 0 aliphatic carbocycles. The highest BCUT2D eigenvalue weighted by Gasteiger charge is 1.83. The molecule has 102 valence electrons. The van der Waals surface area contributed by atoms with Crippen LogP contribution in [-0.2, 0) is 0 Å². The van der Waals surface area contributed by atoms with E-state index < -0.39 is 0 Å². The van der Waals surface area contributed by atoms with Gasteiger partial charge in [-0.1, -0.05) is 97.1 Å². The van der Waals surface area contributed by atoms with Crippen molar-refractivity contribution in [2.75, 3.05) is 0 Å². The zero-order chi connectivity index (χ0) is 14.5. The second-order valence-electron chi connectivity index (χ2n) is 4.39. The summed E-state index contributed by atoms with van der Waals surface area (Å²) in [6, 6.07) is 32.4. The molecule has 0 amide bonds. The first-order valence-corrected chi connectivity index (χ1v) is 6.83. The van der Waals surface area contributed by atoms with Gasteiger partial charge < -0.3 is 0 Å². The molecule has 3 aromatic carbocycles. The Bertz CT molecular complexity index is 435. The molecule has 0 saturated heterocycles. The van der Waals surface area contributed by atoms with Crippen molar-refractivity contribution in [1.29, 1.82) is 0 Å². The highest BCUT2D eigenvalue weighted by molar-refractivity contribution is 5.23. The maximum Gasteiger partial charge on any atom is -0.0395 e. The monoisotopic (exact) mass is 262 g/mol. The quantitative estimate of drug-likeness (QED) is 0.489. The molecule has 0 fully saturated rings. The molecular formula is C20H22. The van der Waals surface area contributed by atoms with E-state index in [4.69, 9.17) is 0 Å². The van der Waals surface area contributed by atoms with Crippen molar-refractivity contribution in [3.8, 4) is 0 Å². The average Bonchev–Trinajstić information content (AvgIpc) is 2.55. The van der Waals surface area contributed by atoms with Crippen molar-refractivity contribution in [3.05, 3.63) is 108 Å². The summed E-state index contributed by atoms with van der Waals surface area (Å²) in [5.41, 5.74) is 2.74. The molecule has 0 aliphatic rings. The molecule has 0 aromatic heterocycles. The lowest BCUT2D eigenvalue weighted by atomic mass is 10.1. The van der Waals surface area contributed by atoms with E-state index in [9.17, 15) is 0 Å². The zero-order valence-electron chi connectivity index (χ0n) is 12.2. The molecule has 0 aliphatic heterocycles. The summed E-state index contributed by atoms with van der Waals surface area (Å²) in [4.78, 5) is 0. The highest BCUT2D eigenvalue weighted by atomic mass is 13.9. The van der Waals surface area contributed by atoms with Gasteiger partial charge in [0.25, 0.3) is 0 Å². The fourth-order valence-corrected chi connectivity index (χ4v) is 1.43. The molecule has 0 saturated carbocycles. The van der Waals surface area contributed by atoms with Crippen LogP contribution >= 0.6 is 0 Å². The fourth-order valence-electron chi connectivity index (χ4n) is 1.43. The van der Waals surface area contributed by atoms with Crippen LogP contribution in [0.1, 0.15) is 11.1 Å². The van der Waals surface area contributed by atoms with Crippen molar-refractivity contribution in [3.63, 3.8) is 0 Å². The standard InChI is InChI=1S/C8H10.2C6H6/c1-7-5-3-4-6-8(7)2;2*1-2-4-6-5-3-1/h3-6H,1-2H3;2*1-6H. The third-order valence-corrected chi connectivity index (χ3v) is 2.76. The van der Waals surface area contributed by atoms with Gasteiger partial charge in [0.05, 0.1) is 0 Å². The number of rotatable bonds is 0. The summed E-state index contributed by atoms with van der Waals surface area (Å²) in [7, 11) is 0. The summed E-state index contributed by atoms with van der Waals surface area (Å²) in [5, 5.41) is 0. The van der Waals surface area contributed by atoms with Gasteiger partial charge in [0.15, 0.2) is 0 Å². The van der Waals surface area contributed by atoms with Crippen molar-refractivity contribution < 1.29 is 0 Å². The van der Waals surface area contributed by atoms with E-state index in [0.717, 1.165) is 0 Å². The van der Waals surface area contributed by atoms with Crippen LogP contribution in [0.25, 0.3) is 0 Å². The summed E-state index contributed by atoms with van der Waals surface area (Å²) >= 11 is 0. The van der Waals surface area contributed by atoms with E-state index in [1.165, 1.54) is 11.1 Å². The molecule has 0 spiro atoms. The number of hydrogen-bond donors (Lipinski definition) is 0. The SMILES string of the molecule is Cc1ccccc1C.c1ccccc1.c1ccccc1. The second-order valence-corrected chi connectivity index (χ2v) is 4.39. The van der Waals surface area contributed by atoms with Crippen molar-refractivity contribution in [2.24, 2.45) is 0 Å². The topological polar surface area (TPSA) is 0 Å². The third kappa shape index (κ3) is 7.88. The Labute approximate surface area is 122 Å². The minimum atomic E-state index is 1.37. The molecule has 0 heterocycles. The van der Waals surface area contributed by atoms with E-state index in [1.54, 1.807) is 0 Å². The molecule has 0 radical (unpaired) electrons. The number of aryl methyl sites for hydroxylation is 2. The first-order valence-electron chi connectivity index (χ1n) is 6.83. The molecular weight excluding hydrogens is 240 g/mol. The van der Waals surface area contributed by atoms with E-state index in [1.807, 2.05) is 72.8 Å². The van der Waals surface area contributed by atoms with Gasteiger partial charge in [-0.05, 0) is 25.0 Å². The Morgan fingerprint density at radius 3 is 0.700 bits per heavy atom. The fraction of sp³-hybridized carbons (Fsp3) is 0.100. The highest BCUT2D eigenvalue weighted by Crippen LogP contribution is 2.02. The Kier molecular flexibility index (Phi) is 8.31. The van der Waals surface area contributed by atoms with Crippen molar-refractivity contribution >= 4 is 0 Å². The summed E-state index contributed by atoms with van der Waals surface area (Å²) in [5.74, 6) is 0. The van der Waals surface area contributed by atoms with Crippen LogP contribution in [0, 0.1) is 13.8 Å². The Hall–Kier alpha value is -2.34. The lowest BCUT2D eigenvalue weighted by molar-refractivity contribution is 1.34. The number of hydrogen-bond acceptors (Lipinski definition) is 0. The normalized spacial score (nSPS) is 8.50. The Morgan fingerprint density at radius 2 is 0.550 bits per heavy atom. The van der Waals surface area contributed by atoms with E-state index in [2.05, 4.69) is 38.1 Å². The van der Waals surface area contributed by atoms with Crippen molar-refractivity contribution in [1.82, 2.24) is 0 Å². The van der Waals surface area contributed by atoms with E-state index in [-0.39, 0.29) is 0 Å². The largest absolute Gasteiger partial charge is 0.0623 e. The minimum Gasteiger partial charge on any atom is -0.0623 e. The molecule has 0 heteroatoms. The lowest BCUT2D eigenvalue weighted by Crippen LogP contribution is -1.74. The second kappa shape index (κ2) is 10.6. The van der Waals surface area contributed by atoms with Gasteiger partial charge >= 0.3 is 0 Å². The van der Waals surface area contributed by atoms with Gasteiger partial charge in [-0.3, -0.25) is 0 Å². The molecule has 0 N–H and O–H groups in total. The van der Waals surface area contributed by atoms with Crippen molar-refractivity contribution in [2.45, 2.75) is 13.8 Å². The van der Waals surface area contributed by atoms with Crippen LogP contribution in [0.2, 0.25) is 0 Å². The van der Waals surface area contributed by atoms with Crippen LogP contribution in [-0.4, -0.2) is 0 Å². The summed E-state index contributed by atoms with van der Waals surface area (Å²) in [6.45, 7) is 4.24. The molecule has 0 atom stereocenters. The lowest BCUT2D eigenvalue weighted by Gasteiger charge is -1.93. The predicted octanol–water partition coefficient (Wildman–Crippen LogP) is 5.68. The minimum absolute atomic E-state index is 1.37. The Morgan fingerprint density at radius 1 is 0.350 bits per heavy atom. The predicted molar refractivity (Wildman–Crippen MR) is 88.8 cm³/mol. The van der Waals surface area contributed by atoms with Crippen LogP contribution < -0.4 is 0 Å². The maximum atomic E-state index is 2.12. The average molecular weight is 262 g/mol. The van der Waals surface area contributed by atoms with Crippen LogP contribution in [0.4, 0.5) is 0 Å². The summed E-state index contributed by atoms with van der Waals surface area (Å²) < 4.78 is 0. The van der Waals surface area contributed by atoms with Gasteiger partial charge in [-0.15, -0.1) is 0 Å². The van der Waals surface area contributed by atoms with Gasteiger partial charge in [0.2, 0.25) is 0 Å². The maximum absolute atomic E-state index is 2.12. The van der Waals surface area contributed by atoms with Gasteiger partial charge in [0, 0.05) is 0 Å². The van der Waals surface area contributed by atoms with Crippen LogP contribution in [0.3, 0.4) is 0 Å². The third-order valence-electron chi connectivity index (χ3n) is 2.76.